The Labute approximate surface area is 207 Å². The number of hydrogen-bond acceptors (Lipinski definition) is 5. The Morgan fingerprint density at radius 1 is 1.11 bits per heavy atom. The number of carbonyl (C=O) groups is 1. The summed E-state index contributed by atoms with van der Waals surface area (Å²) in [6.45, 7) is 6.58. The Balaban J connectivity index is 1.53. The number of nitrogens with one attached hydrogen (secondary N) is 3. The van der Waals surface area contributed by atoms with Crippen molar-refractivity contribution in [1.82, 2.24) is 15.0 Å². The van der Waals surface area contributed by atoms with Gasteiger partial charge in [-0.15, -0.1) is 0 Å². The van der Waals surface area contributed by atoms with Gasteiger partial charge >= 0.3 is 0 Å². The van der Waals surface area contributed by atoms with Crippen LogP contribution in [0.5, 0.6) is 0 Å². The third-order valence-electron chi connectivity index (χ3n) is 6.24. The number of anilines is 1. The number of fused-ring (bicyclic) bond motifs is 1. The predicted octanol–water partition coefficient (Wildman–Crippen LogP) is 4.23. The van der Waals surface area contributed by atoms with Crippen LogP contribution >= 0.6 is 0 Å². The van der Waals surface area contributed by atoms with Crippen LogP contribution in [-0.2, 0) is 22.9 Å². The number of amides is 1. The number of sulfonamides is 1. The minimum atomic E-state index is -3.74. The van der Waals surface area contributed by atoms with Crippen LogP contribution in [0.2, 0.25) is 0 Å². The van der Waals surface area contributed by atoms with Crippen LogP contribution in [0.15, 0.2) is 71.9 Å². The highest BCUT2D eigenvalue weighted by Gasteiger charge is 2.34. The van der Waals surface area contributed by atoms with E-state index in [1.807, 2.05) is 51.1 Å². The van der Waals surface area contributed by atoms with Crippen molar-refractivity contribution >= 4 is 21.6 Å². The SMILES string of the molecule is CCc1ccc(S(=O)(=O)N[C@H]2CC(C)(C)Nc3ccc(C(=O)NCCc4cccnc4)cc32)cc1. The highest BCUT2D eigenvalue weighted by Crippen LogP contribution is 2.38. The van der Waals surface area contributed by atoms with Gasteiger partial charge in [0.05, 0.1) is 10.9 Å². The van der Waals surface area contributed by atoms with Crippen LogP contribution in [0.4, 0.5) is 5.69 Å². The first-order chi connectivity index (χ1) is 16.7. The largest absolute Gasteiger partial charge is 0.380 e. The van der Waals surface area contributed by atoms with Gasteiger partial charge in [0.1, 0.15) is 0 Å². The summed E-state index contributed by atoms with van der Waals surface area (Å²) in [5.41, 5.74) is 3.88. The first-order valence-corrected chi connectivity index (χ1v) is 13.4. The molecule has 0 fully saturated rings. The van der Waals surface area contributed by atoms with Crippen LogP contribution < -0.4 is 15.4 Å². The summed E-state index contributed by atoms with van der Waals surface area (Å²) in [5, 5.41) is 6.41. The van der Waals surface area contributed by atoms with E-state index in [-0.39, 0.29) is 16.3 Å². The predicted molar refractivity (Wildman–Crippen MR) is 138 cm³/mol. The fourth-order valence-electron chi connectivity index (χ4n) is 4.38. The standard InChI is InChI=1S/C27H32N4O3S/c1-4-19-7-10-22(11-8-19)35(33,34)31-25-17-27(2,3)30-24-12-9-21(16-23(24)25)26(32)29-15-13-20-6-5-14-28-18-20/h5-12,14,16,18,25,30-31H,4,13,15,17H2,1-3H3,(H,29,32)/t25-/m0/s1. The number of carbonyl (C=O) groups excluding carboxylic acids is 1. The van der Waals surface area contributed by atoms with Crippen LogP contribution in [0.25, 0.3) is 0 Å². The maximum atomic E-state index is 13.2. The molecule has 1 aromatic heterocycles. The molecule has 8 heteroatoms. The molecule has 0 aliphatic carbocycles. The van der Waals surface area contributed by atoms with Crippen LogP contribution in [-0.4, -0.2) is 31.4 Å². The van der Waals surface area contributed by atoms with Crippen molar-refractivity contribution in [1.29, 1.82) is 0 Å². The lowest BCUT2D eigenvalue weighted by molar-refractivity contribution is 0.0954. The fraction of sp³-hybridized carbons (Fsp3) is 0.333. The Morgan fingerprint density at radius 3 is 2.57 bits per heavy atom. The van der Waals surface area contributed by atoms with Gasteiger partial charge in [0.15, 0.2) is 0 Å². The molecule has 0 bridgehead atoms. The van der Waals surface area contributed by atoms with Gasteiger partial charge < -0.3 is 10.6 Å². The first-order valence-electron chi connectivity index (χ1n) is 11.9. The Morgan fingerprint density at radius 2 is 1.89 bits per heavy atom. The van der Waals surface area contributed by atoms with Crippen molar-refractivity contribution in [2.45, 2.75) is 56.5 Å². The second kappa shape index (κ2) is 10.2. The lowest BCUT2D eigenvalue weighted by atomic mass is 9.85. The van der Waals surface area contributed by atoms with Crippen LogP contribution in [0.3, 0.4) is 0 Å². The zero-order valence-electron chi connectivity index (χ0n) is 20.3. The van der Waals surface area contributed by atoms with E-state index in [1.165, 1.54) is 0 Å². The van der Waals surface area contributed by atoms with E-state index in [1.54, 1.807) is 36.7 Å². The van der Waals surface area contributed by atoms with Gasteiger partial charge in [-0.25, -0.2) is 13.1 Å². The molecule has 4 rings (SSSR count). The van der Waals surface area contributed by atoms with E-state index in [0.717, 1.165) is 28.8 Å². The maximum Gasteiger partial charge on any atom is 0.251 e. The molecular formula is C27H32N4O3S. The van der Waals surface area contributed by atoms with Crippen molar-refractivity contribution in [3.8, 4) is 0 Å². The molecule has 3 N–H and O–H groups in total. The van der Waals surface area contributed by atoms with E-state index < -0.39 is 16.1 Å². The van der Waals surface area contributed by atoms with Crippen LogP contribution in [0.1, 0.15) is 60.3 Å². The quantitative estimate of drug-likeness (QED) is 0.437. The summed E-state index contributed by atoms with van der Waals surface area (Å²) in [6.07, 6.45) is 5.56. The number of pyridine rings is 1. The van der Waals surface area contributed by atoms with E-state index in [9.17, 15) is 13.2 Å². The highest BCUT2D eigenvalue weighted by atomic mass is 32.2. The smallest absolute Gasteiger partial charge is 0.251 e. The zero-order chi connectivity index (χ0) is 25.1. The summed E-state index contributed by atoms with van der Waals surface area (Å²) in [4.78, 5) is 17.2. The maximum absolute atomic E-state index is 13.2. The third kappa shape index (κ3) is 6.07. The molecule has 3 aromatic rings. The molecule has 1 aliphatic heterocycles. The summed E-state index contributed by atoms with van der Waals surface area (Å²) in [5.74, 6) is -0.196. The second-order valence-electron chi connectivity index (χ2n) is 9.55. The average Bonchev–Trinajstić information content (AvgIpc) is 2.83. The van der Waals surface area contributed by atoms with Crippen molar-refractivity contribution in [3.63, 3.8) is 0 Å². The van der Waals surface area contributed by atoms with Gasteiger partial charge in [-0.05, 0) is 86.2 Å². The van der Waals surface area contributed by atoms with Gasteiger partial charge in [0, 0.05) is 35.7 Å². The lowest BCUT2D eigenvalue weighted by Crippen LogP contribution is -2.43. The molecule has 0 saturated carbocycles. The van der Waals surface area contributed by atoms with Crippen molar-refractivity contribution in [3.05, 3.63) is 89.2 Å². The van der Waals surface area contributed by atoms with E-state index in [4.69, 9.17) is 0 Å². The van der Waals surface area contributed by atoms with Gasteiger partial charge in [-0.3, -0.25) is 9.78 Å². The summed E-state index contributed by atoms with van der Waals surface area (Å²) >= 11 is 0. The first kappa shape index (κ1) is 24.9. The molecule has 0 saturated heterocycles. The average molecular weight is 493 g/mol. The number of aromatic nitrogens is 1. The van der Waals surface area contributed by atoms with Crippen molar-refractivity contribution < 1.29 is 13.2 Å². The highest BCUT2D eigenvalue weighted by molar-refractivity contribution is 7.89. The van der Waals surface area contributed by atoms with E-state index in [0.29, 0.717) is 24.9 Å². The molecule has 1 aliphatic rings. The summed E-state index contributed by atoms with van der Waals surface area (Å²) < 4.78 is 29.3. The molecule has 35 heavy (non-hydrogen) atoms. The number of rotatable bonds is 8. The lowest BCUT2D eigenvalue weighted by Gasteiger charge is -2.39. The number of nitrogens with zero attached hydrogens (tertiary/aromatic N) is 1. The zero-order valence-corrected chi connectivity index (χ0v) is 21.2. The van der Waals surface area contributed by atoms with Crippen LogP contribution in [0, 0.1) is 0 Å². The molecule has 0 radical (unpaired) electrons. The number of benzene rings is 2. The molecule has 0 spiro atoms. The van der Waals surface area contributed by atoms with Crippen molar-refractivity contribution in [2.75, 3.05) is 11.9 Å². The third-order valence-corrected chi connectivity index (χ3v) is 7.73. The Hall–Kier alpha value is -3.23. The molecule has 7 nitrogen and oxygen atoms in total. The molecule has 1 amide bonds. The monoisotopic (exact) mass is 492 g/mol. The van der Waals surface area contributed by atoms with Gasteiger partial charge in [0.25, 0.3) is 5.91 Å². The molecule has 2 heterocycles. The van der Waals surface area contributed by atoms with E-state index in [2.05, 4.69) is 20.3 Å². The molecule has 0 unspecified atom stereocenters. The molecule has 184 valence electrons. The number of hydrogen-bond donors (Lipinski definition) is 3. The normalized spacial score (nSPS) is 16.7. The summed E-state index contributed by atoms with van der Waals surface area (Å²) in [7, 11) is -3.74. The van der Waals surface area contributed by atoms with Gasteiger partial charge in [-0.2, -0.15) is 0 Å². The van der Waals surface area contributed by atoms with Gasteiger partial charge in [-0.1, -0.05) is 25.1 Å². The van der Waals surface area contributed by atoms with E-state index >= 15 is 0 Å². The minimum absolute atomic E-state index is 0.196. The summed E-state index contributed by atoms with van der Waals surface area (Å²) in [6, 6.07) is 15.7. The topological polar surface area (TPSA) is 100 Å². The second-order valence-corrected chi connectivity index (χ2v) is 11.3. The molecule has 2 aromatic carbocycles. The van der Waals surface area contributed by atoms with Gasteiger partial charge in [0.2, 0.25) is 10.0 Å². The molecular weight excluding hydrogens is 460 g/mol. The Bertz CT molecular complexity index is 1290. The fourth-order valence-corrected chi connectivity index (χ4v) is 5.59. The number of aryl methyl sites for hydroxylation is 1. The minimum Gasteiger partial charge on any atom is -0.380 e. The van der Waals surface area contributed by atoms with Crippen molar-refractivity contribution in [2.24, 2.45) is 0 Å². The Kier molecular flexibility index (Phi) is 7.23. The molecule has 1 atom stereocenters.